The zero-order valence-corrected chi connectivity index (χ0v) is 8.14. The van der Waals surface area contributed by atoms with Gasteiger partial charge in [-0.1, -0.05) is 24.3 Å². The van der Waals surface area contributed by atoms with Gasteiger partial charge in [-0.3, -0.25) is 0 Å². The van der Waals surface area contributed by atoms with E-state index in [9.17, 15) is 10.2 Å². The van der Waals surface area contributed by atoms with Gasteiger partial charge in [-0.25, -0.2) is 0 Å². The van der Waals surface area contributed by atoms with Crippen molar-refractivity contribution in [1.82, 2.24) is 5.32 Å². The highest BCUT2D eigenvalue weighted by molar-refractivity contribution is 5.33. The molecule has 0 aliphatic heterocycles. The van der Waals surface area contributed by atoms with Crippen LogP contribution in [0.5, 0.6) is 0 Å². The molecule has 1 aliphatic rings. The lowest BCUT2D eigenvalue weighted by Gasteiger charge is -2.33. The number of benzene rings is 1. The molecule has 3 N–H and O–H groups in total. The summed E-state index contributed by atoms with van der Waals surface area (Å²) in [5, 5.41) is 22.7. The highest BCUT2D eigenvalue weighted by Crippen LogP contribution is 2.29. The maximum atomic E-state index is 9.97. The average Bonchev–Trinajstić information content (AvgIpc) is 2.18. The van der Waals surface area contributed by atoms with Crippen LogP contribution in [0.4, 0.5) is 0 Å². The molecule has 1 aromatic rings. The van der Waals surface area contributed by atoms with Crippen LogP contribution in [0.3, 0.4) is 0 Å². The summed E-state index contributed by atoms with van der Waals surface area (Å²) in [4.78, 5) is 0. The SMILES string of the molecule is CNC1C(O)Cc2ccccc2C1O. The van der Waals surface area contributed by atoms with Crippen molar-refractivity contribution in [2.24, 2.45) is 0 Å². The van der Waals surface area contributed by atoms with Crippen molar-refractivity contribution in [3.05, 3.63) is 35.4 Å². The Kier molecular flexibility index (Phi) is 2.54. The number of hydrogen-bond acceptors (Lipinski definition) is 3. The molecule has 3 nitrogen and oxygen atoms in total. The van der Waals surface area contributed by atoms with E-state index in [1.807, 2.05) is 24.3 Å². The molecule has 0 heterocycles. The van der Waals surface area contributed by atoms with Crippen LogP contribution in [0.2, 0.25) is 0 Å². The number of likely N-dealkylation sites (N-methyl/N-ethyl adjacent to an activating group) is 1. The average molecular weight is 193 g/mol. The number of aliphatic hydroxyl groups is 2. The molecule has 0 saturated carbocycles. The lowest BCUT2D eigenvalue weighted by atomic mass is 9.84. The first-order valence-electron chi connectivity index (χ1n) is 4.85. The van der Waals surface area contributed by atoms with E-state index < -0.39 is 12.2 Å². The molecule has 0 saturated heterocycles. The van der Waals surface area contributed by atoms with Crippen LogP contribution < -0.4 is 5.32 Å². The molecule has 0 bridgehead atoms. The summed E-state index contributed by atoms with van der Waals surface area (Å²) in [6.45, 7) is 0. The zero-order valence-electron chi connectivity index (χ0n) is 8.14. The molecule has 76 valence electrons. The van der Waals surface area contributed by atoms with Crippen molar-refractivity contribution in [1.29, 1.82) is 0 Å². The molecule has 0 radical (unpaired) electrons. The number of nitrogens with one attached hydrogen (secondary N) is 1. The van der Waals surface area contributed by atoms with E-state index in [-0.39, 0.29) is 6.04 Å². The molecule has 1 aliphatic carbocycles. The summed E-state index contributed by atoms with van der Waals surface area (Å²) >= 11 is 0. The first-order chi connectivity index (χ1) is 6.74. The van der Waals surface area contributed by atoms with Gasteiger partial charge in [0.15, 0.2) is 0 Å². The first-order valence-corrected chi connectivity index (χ1v) is 4.85. The number of rotatable bonds is 1. The Hall–Kier alpha value is -0.900. The van der Waals surface area contributed by atoms with E-state index in [0.717, 1.165) is 11.1 Å². The Morgan fingerprint density at radius 3 is 2.71 bits per heavy atom. The van der Waals surface area contributed by atoms with Gasteiger partial charge in [0.1, 0.15) is 0 Å². The van der Waals surface area contributed by atoms with Gasteiger partial charge in [0.2, 0.25) is 0 Å². The molecule has 0 amide bonds. The van der Waals surface area contributed by atoms with E-state index in [0.29, 0.717) is 6.42 Å². The number of hydrogen-bond donors (Lipinski definition) is 3. The monoisotopic (exact) mass is 193 g/mol. The molecule has 0 aromatic heterocycles. The lowest BCUT2D eigenvalue weighted by Crippen LogP contribution is -2.46. The normalized spacial score (nSPS) is 31.2. The number of aliphatic hydroxyl groups excluding tert-OH is 2. The largest absolute Gasteiger partial charge is 0.391 e. The highest BCUT2D eigenvalue weighted by Gasteiger charge is 2.33. The third kappa shape index (κ3) is 1.43. The molecular formula is C11H15NO2. The maximum absolute atomic E-state index is 9.97. The van der Waals surface area contributed by atoms with Gasteiger partial charge in [0.05, 0.1) is 18.2 Å². The van der Waals surface area contributed by atoms with Crippen LogP contribution in [0.25, 0.3) is 0 Å². The quantitative estimate of drug-likeness (QED) is 0.598. The predicted octanol–water partition coefficient (Wildman–Crippen LogP) is 0.225. The fourth-order valence-corrected chi connectivity index (χ4v) is 2.12. The minimum atomic E-state index is -0.611. The van der Waals surface area contributed by atoms with Crippen molar-refractivity contribution >= 4 is 0 Å². The third-order valence-corrected chi connectivity index (χ3v) is 2.89. The molecule has 3 unspecified atom stereocenters. The van der Waals surface area contributed by atoms with Gasteiger partial charge in [-0.15, -0.1) is 0 Å². The van der Waals surface area contributed by atoms with Crippen LogP contribution in [0.15, 0.2) is 24.3 Å². The molecule has 3 atom stereocenters. The Labute approximate surface area is 83.4 Å². The van der Waals surface area contributed by atoms with Crippen molar-refractivity contribution in [2.45, 2.75) is 24.7 Å². The lowest BCUT2D eigenvalue weighted by molar-refractivity contribution is 0.0292. The molecule has 0 fully saturated rings. The molecule has 3 heteroatoms. The van der Waals surface area contributed by atoms with Crippen LogP contribution in [-0.4, -0.2) is 29.4 Å². The van der Waals surface area contributed by atoms with Crippen molar-refractivity contribution < 1.29 is 10.2 Å². The summed E-state index contributed by atoms with van der Waals surface area (Å²) in [5.41, 5.74) is 1.97. The van der Waals surface area contributed by atoms with E-state index in [2.05, 4.69) is 5.32 Å². The minimum Gasteiger partial charge on any atom is -0.391 e. The summed E-state index contributed by atoms with van der Waals surface area (Å²) in [5.74, 6) is 0. The van der Waals surface area contributed by atoms with Gasteiger partial charge in [-0.2, -0.15) is 0 Å². The van der Waals surface area contributed by atoms with Crippen molar-refractivity contribution in [2.75, 3.05) is 7.05 Å². The van der Waals surface area contributed by atoms with Crippen molar-refractivity contribution in [3.63, 3.8) is 0 Å². The van der Waals surface area contributed by atoms with Gasteiger partial charge in [-0.05, 0) is 18.2 Å². The van der Waals surface area contributed by atoms with Gasteiger partial charge in [0.25, 0.3) is 0 Å². The van der Waals surface area contributed by atoms with E-state index >= 15 is 0 Å². The fourth-order valence-electron chi connectivity index (χ4n) is 2.12. The van der Waals surface area contributed by atoms with E-state index in [1.165, 1.54) is 0 Å². The summed E-state index contributed by atoms with van der Waals surface area (Å²) in [6.07, 6.45) is -0.511. The van der Waals surface area contributed by atoms with Gasteiger partial charge >= 0.3 is 0 Å². The summed E-state index contributed by atoms with van der Waals surface area (Å²) in [6, 6.07) is 7.44. The molecule has 1 aromatic carbocycles. The zero-order chi connectivity index (χ0) is 10.1. The van der Waals surface area contributed by atoms with Crippen molar-refractivity contribution in [3.8, 4) is 0 Å². The second kappa shape index (κ2) is 3.69. The van der Waals surface area contributed by atoms with E-state index in [1.54, 1.807) is 7.05 Å². The first kappa shape index (κ1) is 9.65. The van der Waals surface area contributed by atoms with Gasteiger partial charge in [0, 0.05) is 6.42 Å². The summed E-state index contributed by atoms with van der Waals surface area (Å²) in [7, 11) is 1.76. The standard InChI is InChI=1S/C11H15NO2/c1-12-10-9(13)6-7-4-2-3-5-8(7)11(10)14/h2-5,9-14H,6H2,1H3. The Balaban J connectivity index is 2.38. The highest BCUT2D eigenvalue weighted by atomic mass is 16.3. The second-order valence-corrected chi connectivity index (χ2v) is 3.73. The van der Waals surface area contributed by atoms with E-state index in [4.69, 9.17) is 0 Å². The smallest absolute Gasteiger partial charge is 0.0971 e. The second-order valence-electron chi connectivity index (χ2n) is 3.73. The summed E-state index contributed by atoms with van der Waals surface area (Å²) < 4.78 is 0. The molecule has 14 heavy (non-hydrogen) atoms. The maximum Gasteiger partial charge on any atom is 0.0971 e. The third-order valence-electron chi connectivity index (χ3n) is 2.89. The minimum absolute atomic E-state index is 0.259. The topological polar surface area (TPSA) is 52.5 Å². The molecular weight excluding hydrogens is 178 g/mol. The Morgan fingerprint density at radius 1 is 1.29 bits per heavy atom. The Morgan fingerprint density at radius 2 is 2.00 bits per heavy atom. The van der Waals surface area contributed by atoms with Crippen LogP contribution >= 0.6 is 0 Å². The number of fused-ring (bicyclic) bond motifs is 1. The van der Waals surface area contributed by atoms with Crippen LogP contribution in [-0.2, 0) is 6.42 Å². The van der Waals surface area contributed by atoms with Crippen LogP contribution in [0, 0.1) is 0 Å². The predicted molar refractivity (Wildman–Crippen MR) is 54.0 cm³/mol. The van der Waals surface area contributed by atoms with Crippen LogP contribution in [0.1, 0.15) is 17.2 Å². The fraction of sp³-hybridized carbons (Fsp3) is 0.455. The molecule has 2 rings (SSSR count). The molecule has 0 spiro atoms. The Bertz CT molecular complexity index is 327. The van der Waals surface area contributed by atoms with Gasteiger partial charge < -0.3 is 15.5 Å².